The smallest absolute Gasteiger partial charge is 0.410 e. The molecule has 1 heterocycles. The Kier molecular flexibility index (Phi) is 13.6. The van der Waals surface area contributed by atoms with Crippen molar-refractivity contribution in [1.82, 2.24) is 9.80 Å². The number of carbonyl (C=O) groups excluding carboxylic acids is 2. The summed E-state index contributed by atoms with van der Waals surface area (Å²) in [5.41, 5.74) is 2.34. The maximum Gasteiger partial charge on any atom is 0.410 e. The van der Waals surface area contributed by atoms with Gasteiger partial charge in [-0.05, 0) is 36.5 Å². The predicted molar refractivity (Wildman–Crippen MR) is 161 cm³/mol. The minimum atomic E-state index is -0.413. The standard InChI is InChI=1S/C33H48N2O6/c1-5-6-7-8-9-13-22-40-33(37)35-25-29(41-32(36)34(2)3)24-28(35)21-23-39-31-27(17-14-18-30(31)38-4)20-19-26-15-11-10-12-16-26/h10-12,14-18,28-29H,5-9,13,19-25H2,1-4H3/t28-,29-/m1/s1. The lowest BCUT2D eigenvalue weighted by Crippen LogP contribution is -2.38. The molecule has 0 radical (unpaired) electrons. The van der Waals surface area contributed by atoms with Crippen molar-refractivity contribution in [3.8, 4) is 11.5 Å². The Bertz CT molecular complexity index is 1060. The highest BCUT2D eigenvalue weighted by atomic mass is 16.6. The van der Waals surface area contributed by atoms with Gasteiger partial charge in [0.15, 0.2) is 11.5 Å². The van der Waals surface area contributed by atoms with Gasteiger partial charge < -0.3 is 28.7 Å². The lowest BCUT2D eigenvalue weighted by atomic mass is 10.0. The number of amides is 2. The number of methoxy groups -OCH3 is 1. The first kappa shape index (κ1) is 32.1. The fourth-order valence-corrected chi connectivity index (χ4v) is 5.13. The van der Waals surface area contributed by atoms with E-state index in [2.05, 4.69) is 25.1 Å². The summed E-state index contributed by atoms with van der Waals surface area (Å²) in [5.74, 6) is 1.42. The van der Waals surface area contributed by atoms with Crippen LogP contribution in [0, 0.1) is 0 Å². The number of unbranched alkanes of at least 4 members (excludes halogenated alkanes) is 5. The van der Waals surface area contributed by atoms with Gasteiger partial charge in [-0.1, -0.05) is 81.5 Å². The second-order valence-corrected chi connectivity index (χ2v) is 10.9. The molecule has 0 spiro atoms. The average Bonchev–Trinajstić information content (AvgIpc) is 3.38. The van der Waals surface area contributed by atoms with Crippen LogP contribution >= 0.6 is 0 Å². The van der Waals surface area contributed by atoms with Gasteiger partial charge in [0.25, 0.3) is 0 Å². The average molecular weight is 569 g/mol. The van der Waals surface area contributed by atoms with Gasteiger partial charge in [-0.2, -0.15) is 0 Å². The van der Waals surface area contributed by atoms with Crippen LogP contribution in [0.1, 0.15) is 69.4 Å². The Balaban J connectivity index is 1.59. The van der Waals surface area contributed by atoms with Crippen LogP contribution in [0.4, 0.5) is 9.59 Å². The zero-order valence-electron chi connectivity index (χ0n) is 25.3. The van der Waals surface area contributed by atoms with Gasteiger partial charge in [0.1, 0.15) is 6.10 Å². The molecule has 0 N–H and O–H groups in total. The summed E-state index contributed by atoms with van der Waals surface area (Å²) >= 11 is 0. The molecular formula is C33H48N2O6. The van der Waals surface area contributed by atoms with E-state index < -0.39 is 6.09 Å². The van der Waals surface area contributed by atoms with Crippen molar-refractivity contribution in [2.75, 3.05) is 41.0 Å². The Hall–Kier alpha value is -3.42. The first-order valence-corrected chi connectivity index (χ1v) is 15.1. The molecule has 8 nitrogen and oxygen atoms in total. The van der Waals surface area contributed by atoms with E-state index in [0.717, 1.165) is 43.4 Å². The summed E-state index contributed by atoms with van der Waals surface area (Å²) in [6, 6.07) is 16.2. The van der Waals surface area contributed by atoms with E-state index in [0.29, 0.717) is 38.3 Å². The number of rotatable bonds is 16. The quantitative estimate of drug-likeness (QED) is 0.205. The van der Waals surface area contributed by atoms with Crippen LogP contribution in [0.25, 0.3) is 0 Å². The van der Waals surface area contributed by atoms with Crippen molar-refractivity contribution >= 4 is 12.2 Å². The molecule has 0 aromatic heterocycles. The lowest BCUT2D eigenvalue weighted by Gasteiger charge is -2.24. The summed E-state index contributed by atoms with van der Waals surface area (Å²) in [6.07, 6.45) is 8.43. The summed E-state index contributed by atoms with van der Waals surface area (Å²) in [5, 5.41) is 0. The second kappa shape index (κ2) is 17.4. The van der Waals surface area contributed by atoms with Gasteiger partial charge in [-0.25, -0.2) is 9.59 Å². The number of hydrogen-bond acceptors (Lipinski definition) is 6. The van der Waals surface area contributed by atoms with Gasteiger partial charge in [-0.15, -0.1) is 0 Å². The molecule has 2 atom stereocenters. The van der Waals surface area contributed by atoms with Crippen molar-refractivity contribution < 1.29 is 28.5 Å². The van der Waals surface area contributed by atoms with Crippen LogP contribution in [0.5, 0.6) is 11.5 Å². The second-order valence-electron chi connectivity index (χ2n) is 10.9. The van der Waals surface area contributed by atoms with E-state index >= 15 is 0 Å². The molecule has 1 aliphatic rings. The zero-order valence-corrected chi connectivity index (χ0v) is 25.3. The van der Waals surface area contributed by atoms with E-state index in [-0.39, 0.29) is 18.2 Å². The van der Waals surface area contributed by atoms with Gasteiger partial charge in [0.2, 0.25) is 0 Å². The number of likely N-dealkylation sites (tertiary alicyclic amines) is 1. The van der Waals surface area contributed by atoms with Gasteiger partial charge in [0.05, 0.1) is 26.9 Å². The third kappa shape index (κ3) is 10.5. The van der Waals surface area contributed by atoms with Crippen LogP contribution in [0.3, 0.4) is 0 Å². The third-order valence-corrected chi connectivity index (χ3v) is 7.47. The van der Waals surface area contributed by atoms with Crippen molar-refractivity contribution in [1.29, 1.82) is 0 Å². The van der Waals surface area contributed by atoms with Gasteiger partial charge in [0, 0.05) is 33.0 Å². The molecule has 1 fully saturated rings. The predicted octanol–water partition coefficient (Wildman–Crippen LogP) is 6.89. The Morgan fingerprint density at radius 3 is 2.41 bits per heavy atom. The molecule has 2 amide bonds. The topological polar surface area (TPSA) is 77.5 Å². The Morgan fingerprint density at radius 2 is 1.68 bits per heavy atom. The molecule has 0 unspecified atom stereocenters. The number of ether oxygens (including phenoxy) is 4. The summed E-state index contributed by atoms with van der Waals surface area (Å²) in [7, 11) is 4.95. The highest BCUT2D eigenvalue weighted by Crippen LogP contribution is 2.33. The van der Waals surface area contributed by atoms with Crippen molar-refractivity contribution in [3.63, 3.8) is 0 Å². The van der Waals surface area contributed by atoms with Crippen LogP contribution in [0.15, 0.2) is 48.5 Å². The van der Waals surface area contributed by atoms with E-state index in [1.807, 2.05) is 30.3 Å². The van der Waals surface area contributed by atoms with E-state index in [1.54, 1.807) is 26.1 Å². The minimum Gasteiger partial charge on any atom is -0.493 e. The maximum absolute atomic E-state index is 13.1. The number of aryl methyl sites for hydroxylation is 2. The lowest BCUT2D eigenvalue weighted by molar-refractivity contribution is 0.0704. The fourth-order valence-electron chi connectivity index (χ4n) is 5.13. The minimum absolute atomic E-state index is 0.158. The SMILES string of the molecule is CCCCCCCCOC(=O)N1C[C@H](OC(=O)N(C)C)C[C@H]1CCOc1c(CCc2ccccc2)cccc1OC. The van der Waals surface area contributed by atoms with E-state index in [1.165, 1.54) is 29.7 Å². The first-order valence-electron chi connectivity index (χ1n) is 15.1. The zero-order chi connectivity index (χ0) is 29.5. The molecule has 3 rings (SSSR count). The molecule has 8 heteroatoms. The number of para-hydroxylation sites is 1. The molecule has 1 aliphatic heterocycles. The molecule has 0 bridgehead atoms. The van der Waals surface area contributed by atoms with Crippen LogP contribution in [-0.2, 0) is 22.3 Å². The number of hydrogen-bond donors (Lipinski definition) is 0. The summed E-state index contributed by atoms with van der Waals surface area (Å²) < 4.78 is 23.2. The molecule has 226 valence electrons. The normalized spacial score (nSPS) is 16.3. The molecule has 2 aromatic carbocycles. The molecular weight excluding hydrogens is 520 g/mol. The van der Waals surface area contributed by atoms with E-state index in [9.17, 15) is 9.59 Å². The fraction of sp³-hybridized carbons (Fsp3) is 0.576. The number of carbonyl (C=O) groups is 2. The molecule has 2 aromatic rings. The molecule has 0 aliphatic carbocycles. The van der Waals surface area contributed by atoms with Crippen molar-refractivity contribution in [2.24, 2.45) is 0 Å². The third-order valence-electron chi connectivity index (χ3n) is 7.47. The number of nitrogens with zero attached hydrogens (tertiary/aromatic N) is 2. The van der Waals surface area contributed by atoms with Crippen LogP contribution in [0.2, 0.25) is 0 Å². The van der Waals surface area contributed by atoms with Gasteiger partial charge in [-0.3, -0.25) is 0 Å². The Morgan fingerprint density at radius 1 is 0.927 bits per heavy atom. The monoisotopic (exact) mass is 568 g/mol. The van der Waals surface area contributed by atoms with Crippen LogP contribution in [-0.4, -0.2) is 75.1 Å². The number of benzene rings is 2. The van der Waals surface area contributed by atoms with E-state index in [4.69, 9.17) is 18.9 Å². The van der Waals surface area contributed by atoms with Crippen molar-refractivity contribution in [2.45, 2.75) is 83.3 Å². The summed E-state index contributed by atoms with van der Waals surface area (Å²) in [6.45, 7) is 3.30. The Labute approximate surface area is 245 Å². The van der Waals surface area contributed by atoms with Crippen LogP contribution < -0.4 is 9.47 Å². The largest absolute Gasteiger partial charge is 0.493 e. The maximum atomic E-state index is 13.1. The highest BCUT2D eigenvalue weighted by molar-refractivity contribution is 5.69. The van der Waals surface area contributed by atoms with Gasteiger partial charge >= 0.3 is 12.2 Å². The summed E-state index contributed by atoms with van der Waals surface area (Å²) in [4.78, 5) is 28.4. The molecule has 0 saturated carbocycles. The molecule has 41 heavy (non-hydrogen) atoms. The molecule has 1 saturated heterocycles. The first-order chi connectivity index (χ1) is 19.9. The van der Waals surface area contributed by atoms with Crippen molar-refractivity contribution in [3.05, 3.63) is 59.7 Å². The highest BCUT2D eigenvalue weighted by Gasteiger charge is 2.38.